The van der Waals surface area contributed by atoms with E-state index in [1.165, 1.54) is 13.2 Å². The van der Waals surface area contributed by atoms with Gasteiger partial charge in [0, 0.05) is 12.5 Å². The van der Waals surface area contributed by atoms with Gasteiger partial charge in [-0.15, -0.1) is 0 Å². The van der Waals surface area contributed by atoms with Gasteiger partial charge in [-0.1, -0.05) is 30.3 Å². The lowest BCUT2D eigenvalue weighted by molar-refractivity contribution is -0.386. The van der Waals surface area contributed by atoms with Gasteiger partial charge in [0.15, 0.2) is 5.75 Å². The molecule has 0 bridgehead atoms. The van der Waals surface area contributed by atoms with Crippen molar-refractivity contribution in [3.05, 3.63) is 63.7 Å². The van der Waals surface area contributed by atoms with E-state index in [9.17, 15) is 14.9 Å². The van der Waals surface area contributed by atoms with Crippen LogP contribution in [0.5, 0.6) is 11.5 Å². The Morgan fingerprint density at radius 3 is 2.50 bits per heavy atom. The number of carboxylic acid groups (broad SMARTS) is 1. The smallest absolute Gasteiger partial charge is 0.315 e. The fourth-order valence-corrected chi connectivity index (χ4v) is 2.20. The molecule has 0 amide bonds. The first-order valence-electron chi connectivity index (χ1n) is 7.25. The Labute approximate surface area is 138 Å². The second kappa shape index (κ2) is 7.96. The lowest BCUT2D eigenvalue weighted by atomic mass is 10.1. The van der Waals surface area contributed by atoms with Gasteiger partial charge in [-0.3, -0.25) is 14.9 Å². The molecule has 7 heteroatoms. The zero-order valence-corrected chi connectivity index (χ0v) is 13.1. The van der Waals surface area contributed by atoms with Gasteiger partial charge in [0.1, 0.15) is 6.61 Å². The molecule has 0 spiro atoms. The minimum atomic E-state index is -0.971. The van der Waals surface area contributed by atoms with Crippen molar-refractivity contribution < 1.29 is 24.3 Å². The molecule has 0 aliphatic carbocycles. The Morgan fingerprint density at radius 2 is 1.92 bits per heavy atom. The molecule has 1 N–H and O–H groups in total. The van der Waals surface area contributed by atoms with Gasteiger partial charge in [0.2, 0.25) is 5.75 Å². The van der Waals surface area contributed by atoms with Crippen molar-refractivity contribution in [3.63, 3.8) is 0 Å². The van der Waals surface area contributed by atoms with Crippen LogP contribution in [-0.2, 0) is 17.8 Å². The highest BCUT2D eigenvalue weighted by Crippen LogP contribution is 2.39. The summed E-state index contributed by atoms with van der Waals surface area (Å²) in [5.41, 5.74) is 1.13. The van der Waals surface area contributed by atoms with Gasteiger partial charge >= 0.3 is 11.7 Å². The number of nitrogens with zero attached hydrogens (tertiary/aromatic N) is 1. The van der Waals surface area contributed by atoms with Gasteiger partial charge in [-0.05, 0) is 23.6 Å². The Morgan fingerprint density at radius 1 is 1.21 bits per heavy atom. The number of methoxy groups -OCH3 is 1. The molecule has 2 rings (SSSR count). The highest BCUT2D eigenvalue weighted by Gasteiger charge is 2.22. The van der Waals surface area contributed by atoms with Crippen molar-refractivity contribution in [3.8, 4) is 11.5 Å². The van der Waals surface area contributed by atoms with E-state index in [4.69, 9.17) is 14.6 Å². The average Bonchev–Trinajstić information content (AvgIpc) is 2.58. The summed E-state index contributed by atoms with van der Waals surface area (Å²) in [6, 6.07) is 12.1. The predicted octanol–water partition coefficient (Wildman–Crippen LogP) is 3.20. The van der Waals surface area contributed by atoms with Crippen LogP contribution in [0.25, 0.3) is 0 Å². The first-order valence-corrected chi connectivity index (χ1v) is 7.25. The van der Waals surface area contributed by atoms with Crippen LogP contribution in [0.2, 0.25) is 0 Å². The minimum absolute atomic E-state index is 0.0328. The van der Waals surface area contributed by atoms with Crippen LogP contribution < -0.4 is 9.47 Å². The third-order valence-electron chi connectivity index (χ3n) is 3.37. The third-order valence-corrected chi connectivity index (χ3v) is 3.37. The predicted molar refractivity (Wildman–Crippen MR) is 86.4 cm³/mol. The Kier molecular flexibility index (Phi) is 5.73. The van der Waals surface area contributed by atoms with Crippen LogP contribution in [0.4, 0.5) is 5.69 Å². The fraction of sp³-hybridized carbons (Fsp3) is 0.235. The van der Waals surface area contributed by atoms with Crippen molar-refractivity contribution in [2.45, 2.75) is 19.4 Å². The monoisotopic (exact) mass is 331 g/mol. The van der Waals surface area contributed by atoms with Crippen molar-refractivity contribution in [1.29, 1.82) is 0 Å². The quantitative estimate of drug-likeness (QED) is 0.589. The molecule has 0 aromatic heterocycles. The molecule has 0 heterocycles. The first-order chi connectivity index (χ1) is 11.5. The van der Waals surface area contributed by atoms with E-state index < -0.39 is 10.9 Å². The van der Waals surface area contributed by atoms with Crippen LogP contribution in [-0.4, -0.2) is 23.1 Å². The molecule has 0 saturated carbocycles. The lowest BCUT2D eigenvalue weighted by Gasteiger charge is -2.13. The topological polar surface area (TPSA) is 98.9 Å². The number of nitro groups is 1. The summed E-state index contributed by atoms with van der Waals surface area (Å²) in [5.74, 6) is -0.730. The number of hydrogen-bond acceptors (Lipinski definition) is 5. The van der Waals surface area contributed by atoms with E-state index in [1.54, 1.807) is 6.07 Å². The summed E-state index contributed by atoms with van der Waals surface area (Å²) in [4.78, 5) is 21.5. The Hall–Kier alpha value is -3.09. The molecule has 2 aromatic rings. The molecule has 24 heavy (non-hydrogen) atoms. The van der Waals surface area contributed by atoms with Crippen molar-refractivity contribution in [1.82, 2.24) is 0 Å². The van der Waals surface area contributed by atoms with E-state index in [1.807, 2.05) is 30.3 Å². The van der Waals surface area contributed by atoms with Crippen LogP contribution in [0.3, 0.4) is 0 Å². The second-order valence-corrected chi connectivity index (χ2v) is 5.07. The molecule has 0 atom stereocenters. The number of aryl methyl sites for hydroxylation is 1. The summed E-state index contributed by atoms with van der Waals surface area (Å²) in [7, 11) is 1.38. The van der Waals surface area contributed by atoms with Gasteiger partial charge in [-0.25, -0.2) is 0 Å². The highest BCUT2D eigenvalue weighted by molar-refractivity contribution is 5.67. The SMILES string of the molecule is COc1cc(CCC(=O)O)cc([N+](=O)[O-])c1OCc1ccccc1. The molecule has 2 aromatic carbocycles. The van der Waals surface area contributed by atoms with E-state index in [-0.39, 0.29) is 36.6 Å². The van der Waals surface area contributed by atoms with Gasteiger partial charge in [-0.2, -0.15) is 0 Å². The lowest BCUT2D eigenvalue weighted by Crippen LogP contribution is -2.04. The van der Waals surface area contributed by atoms with Gasteiger partial charge in [0.05, 0.1) is 12.0 Å². The molecule has 0 unspecified atom stereocenters. The largest absolute Gasteiger partial charge is 0.493 e. The zero-order valence-electron chi connectivity index (χ0n) is 13.1. The number of ether oxygens (including phenoxy) is 2. The maximum absolute atomic E-state index is 11.3. The molecule has 0 aliphatic heterocycles. The number of rotatable bonds is 8. The molecular weight excluding hydrogens is 314 g/mol. The number of carbonyl (C=O) groups is 1. The van der Waals surface area contributed by atoms with Crippen molar-refractivity contribution in [2.75, 3.05) is 7.11 Å². The molecular formula is C17H17NO6. The van der Waals surface area contributed by atoms with Crippen molar-refractivity contribution >= 4 is 11.7 Å². The molecule has 0 saturated heterocycles. The van der Waals surface area contributed by atoms with E-state index >= 15 is 0 Å². The maximum atomic E-state index is 11.3. The second-order valence-electron chi connectivity index (χ2n) is 5.07. The molecule has 0 radical (unpaired) electrons. The van der Waals surface area contributed by atoms with Crippen LogP contribution in [0, 0.1) is 10.1 Å². The molecule has 0 fully saturated rings. The normalized spacial score (nSPS) is 10.2. The van der Waals surface area contributed by atoms with Crippen molar-refractivity contribution in [2.24, 2.45) is 0 Å². The zero-order chi connectivity index (χ0) is 17.5. The fourth-order valence-electron chi connectivity index (χ4n) is 2.20. The highest BCUT2D eigenvalue weighted by atomic mass is 16.6. The van der Waals surface area contributed by atoms with E-state index in [2.05, 4.69) is 0 Å². The third kappa shape index (κ3) is 4.45. The standard InChI is InChI=1S/C17H17NO6/c1-23-15-10-13(7-8-16(19)20)9-14(18(21)22)17(15)24-11-12-5-3-2-4-6-12/h2-6,9-10H,7-8,11H2,1H3,(H,19,20). The number of benzene rings is 2. The average molecular weight is 331 g/mol. The molecule has 7 nitrogen and oxygen atoms in total. The summed E-state index contributed by atoms with van der Waals surface area (Å²) < 4.78 is 10.8. The summed E-state index contributed by atoms with van der Waals surface area (Å²) >= 11 is 0. The number of aliphatic carboxylic acids is 1. The first kappa shape index (κ1) is 17.3. The van der Waals surface area contributed by atoms with E-state index in [0.29, 0.717) is 5.56 Å². The minimum Gasteiger partial charge on any atom is -0.493 e. The van der Waals surface area contributed by atoms with Crippen LogP contribution in [0.1, 0.15) is 17.5 Å². The number of carboxylic acids is 1. The molecule has 0 aliphatic rings. The molecule has 126 valence electrons. The number of nitro benzene ring substituents is 1. The maximum Gasteiger partial charge on any atom is 0.315 e. The van der Waals surface area contributed by atoms with Crippen LogP contribution in [0.15, 0.2) is 42.5 Å². The van der Waals surface area contributed by atoms with E-state index in [0.717, 1.165) is 5.56 Å². The van der Waals surface area contributed by atoms with Gasteiger partial charge < -0.3 is 14.6 Å². The summed E-state index contributed by atoms with van der Waals surface area (Å²) in [5, 5.41) is 20.1. The Balaban J connectivity index is 2.30. The van der Waals surface area contributed by atoms with Gasteiger partial charge in [0.25, 0.3) is 0 Å². The summed E-state index contributed by atoms with van der Waals surface area (Å²) in [6.45, 7) is 0.159. The van der Waals surface area contributed by atoms with Crippen LogP contribution >= 0.6 is 0 Å². The Bertz CT molecular complexity index is 729. The summed E-state index contributed by atoms with van der Waals surface area (Å²) in [6.07, 6.45) is 0.0516. The number of hydrogen-bond donors (Lipinski definition) is 1.